The lowest BCUT2D eigenvalue weighted by molar-refractivity contribution is 0.0727. The van der Waals surface area contributed by atoms with E-state index in [0.717, 1.165) is 17.0 Å². The van der Waals surface area contributed by atoms with Gasteiger partial charge in [0.05, 0.1) is 6.54 Å². The smallest absolute Gasteiger partial charge is 0.254 e. The maximum atomic E-state index is 12.7. The summed E-state index contributed by atoms with van der Waals surface area (Å²) in [5, 5.41) is 0. The van der Waals surface area contributed by atoms with E-state index in [1.807, 2.05) is 30.3 Å². The van der Waals surface area contributed by atoms with Crippen LogP contribution in [0.4, 0.5) is 0 Å². The first-order valence-corrected chi connectivity index (χ1v) is 8.60. The van der Waals surface area contributed by atoms with E-state index < -0.39 is 0 Å². The first-order chi connectivity index (χ1) is 12.6. The van der Waals surface area contributed by atoms with E-state index in [1.165, 1.54) is 6.07 Å². The molecule has 4 rings (SSSR count). The monoisotopic (exact) mass is 349 g/mol. The third-order valence-corrected chi connectivity index (χ3v) is 4.48. The highest BCUT2D eigenvalue weighted by molar-refractivity contribution is 5.94. The van der Waals surface area contributed by atoms with Crippen LogP contribution in [0.2, 0.25) is 0 Å². The fourth-order valence-electron chi connectivity index (χ4n) is 3.26. The molecule has 2 aromatic heterocycles. The van der Waals surface area contributed by atoms with Gasteiger partial charge in [0.25, 0.3) is 5.91 Å². The summed E-state index contributed by atoms with van der Waals surface area (Å²) in [6, 6.07) is 13.1. The normalized spacial score (nSPS) is 13.5. The van der Waals surface area contributed by atoms with Crippen LogP contribution >= 0.6 is 0 Å². The van der Waals surface area contributed by atoms with Gasteiger partial charge < -0.3 is 14.3 Å². The summed E-state index contributed by atoms with van der Waals surface area (Å²) < 4.78 is 5.88. The van der Waals surface area contributed by atoms with Crippen molar-refractivity contribution in [3.05, 3.63) is 87.0 Å². The molecule has 3 aromatic rings. The van der Waals surface area contributed by atoms with Crippen LogP contribution in [0.25, 0.3) is 0 Å². The molecule has 0 spiro atoms. The number of carbonyl (C=O) groups is 1. The van der Waals surface area contributed by atoms with Gasteiger partial charge >= 0.3 is 0 Å². The van der Waals surface area contributed by atoms with E-state index in [1.54, 1.807) is 17.9 Å². The molecule has 1 amide bonds. The summed E-state index contributed by atoms with van der Waals surface area (Å²) in [7, 11) is 0. The Morgan fingerprint density at radius 2 is 2.08 bits per heavy atom. The highest BCUT2D eigenvalue weighted by Gasteiger charge is 2.26. The summed E-state index contributed by atoms with van der Waals surface area (Å²) in [6.07, 6.45) is 1.26. The maximum absolute atomic E-state index is 12.7. The van der Waals surface area contributed by atoms with E-state index in [4.69, 9.17) is 4.42 Å². The molecule has 26 heavy (non-hydrogen) atoms. The molecule has 0 saturated heterocycles. The minimum Gasteiger partial charge on any atom is -0.445 e. The van der Waals surface area contributed by atoms with Crippen molar-refractivity contribution in [2.75, 3.05) is 6.54 Å². The van der Waals surface area contributed by atoms with E-state index in [9.17, 15) is 9.59 Å². The Labute approximate surface area is 150 Å². The zero-order valence-electron chi connectivity index (χ0n) is 14.5. The minimum absolute atomic E-state index is 0.155. The number of oxazole rings is 1. The van der Waals surface area contributed by atoms with E-state index in [0.29, 0.717) is 43.1 Å². The van der Waals surface area contributed by atoms with Crippen LogP contribution in [0.15, 0.2) is 51.7 Å². The molecular formula is C20H19N3O3. The second kappa shape index (κ2) is 6.63. The lowest BCUT2D eigenvalue weighted by atomic mass is 10.1. The molecule has 1 aromatic carbocycles. The summed E-state index contributed by atoms with van der Waals surface area (Å²) in [5.74, 6) is 1.36. The summed E-state index contributed by atoms with van der Waals surface area (Å²) >= 11 is 0. The second-order valence-electron chi connectivity index (χ2n) is 6.53. The Morgan fingerprint density at radius 1 is 1.27 bits per heavy atom. The molecule has 0 atom stereocenters. The number of pyridine rings is 1. The zero-order chi connectivity index (χ0) is 18.1. The van der Waals surface area contributed by atoms with Gasteiger partial charge in [0.15, 0.2) is 5.89 Å². The Bertz CT molecular complexity index is 1000. The number of hydrogen-bond acceptors (Lipinski definition) is 4. The molecule has 1 aliphatic heterocycles. The van der Waals surface area contributed by atoms with Crippen LogP contribution in [0, 0.1) is 6.92 Å². The van der Waals surface area contributed by atoms with Gasteiger partial charge in [0, 0.05) is 36.7 Å². The lowest BCUT2D eigenvalue weighted by Crippen LogP contribution is -2.36. The predicted molar refractivity (Wildman–Crippen MR) is 96.0 cm³/mol. The van der Waals surface area contributed by atoms with Crippen LogP contribution in [0.3, 0.4) is 0 Å². The molecule has 1 aliphatic rings. The molecule has 0 radical (unpaired) electrons. The maximum Gasteiger partial charge on any atom is 0.254 e. The Kier molecular flexibility index (Phi) is 4.16. The fraction of sp³-hybridized carbons (Fsp3) is 0.250. The van der Waals surface area contributed by atoms with Gasteiger partial charge in [-0.1, -0.05) is 30.3 Å². The third kappa shape index (κ3) is 3.31. The number of nitrogens with zero attached hydrogens (tertiary/aromatic N) is 2. The number of amides is 1. The summed E-state index contributed by atoms with van der Waals surface area (Å²) in [6.45, 7) is 2.72. The molecule has 6 nitrogen and oxygen atoms in total. The SMILES string of the molecule is Cc1cc(C(=O)N2CCc3oc(Cc4ccccc4)nc3C2)cc(=O)[nH]1. The number of rotatable bonds is 3. The van der Waals surface area contributed by atoms with Crippen LogP contribution in [0.5, 0.6) is 0 Å². The van der Waals surface area contributed by atoms with Gasteiger partial charge in [-0.2, -0.15) is 0 Å². The Balaban J connectivity index is 1.52. The van der Waals surface area contributed by atoms with Crippen LogP contribution in [-0.2, 0) is 19.4 Å². The molecule has 0 fully saturated rings. The molecule has 0 aliphatic carbocycles. The van der Waals surface area contributed by atoms with Crippen LogP contribution in [-0.4, -0.2) is 27.3 Å². The van der Waals surface area contributed by atoms with Crippen molar-refractivity contribution in [2.45, 2.75) is 26.3 Å². The number of aromatic nitrogens is 2. The number of benzene rings is 1. The van der Waals surface area contributed by atoms with E-state index in [2.05, 4.69) is 9.97 Å². The Hall–Kier alpha value is -3.15. The number of hydrogen-bond donors (Lipinski definition) is 1. The molecule has 132 valence electrons. The molecule has 0 unspecified atom stereocenters. The molecule has 0 bridgehead atoms. The van der Waals surface area contributed by atoms with Gasteiger partial charge in [-0.25, -0.2) is 4.98 Å². The highest BCUT2D eigenvalue weighted by Crippen LogP contribution is 2.22. The van der Waals surface area contributed by atoms with Crippen molar-refractivity contribution in [1.82, 2.24) is 14.9 Å². The van der Waals surface area contributed by atoms with Gasteiger partial charge in [-0.3, -0.25) is 9.59 Å². The Morgan fingerprint density at radius 3 is 2.85 bits per heavy atom. The topological polar surface area (TPSA) is 79.2 Å². The van der Waals surface area contributed by atoms with Gasteiger partial charge in [0.2, 0.25) is 5.56 Å². The largest absolute Gasteiger partial charge is 0.445 e. The number of carbonyl (C=O) groups excluding carboxylic acids is 1. The van der Waals surface area contributed by atoms with Crippen LogP contribution in [0.1, 0.15) is 39.0 Å². The summed E-state index contributed by atoms with van der Waals surface area (Å²) in [5.41, 5.74) is 2.75. The average molecular weight is 349 g/mol. The second-order valence-corrected chi connectivity index (χ2v) is 6.53. The minimum atomic E-state index is -0.266. The summed E-state index contributed by atoms with van der Waals surface area (Å²) in [4.78, 5) is 33.3. The number of aryl methyl sites for hydroxylation is 1. The van der Waals surface area contributed by atoms with Gasteiger partial charge in [-0.05, 0) is 18.6 Å². The van der Waals surface area contributed by atoms with Crippen molar-refractivity contribution in [3.63, 3.8) is 0 Å². The quantitative estimate of drug-likeness (QED) is 0.788. The highest BCUT2D eigenvalue weighted by atomic mass is 16.4. The molecule has 1 N–H and O–H groups in total. The number of H-pyrrole nitrogens is 1. The van der Waals surface area contributed by atoms with Crippen LogP contribution < -0.4 is 5.56 Å². The average Bonchev–Trinajstić information content (AvgIpc) is 3.02. The van der Waals surface area contributed by atoms with Crippen molar-refractivity contribution < 1.29 is 9.21 Å². The van der Waals surface area contributed by atoms with Crippen molar-refractivity contribution >= 4 is 5.91 Å². The number of aromatic amines is 1. The number of nitrogens with one attached hydrogen (secondary N) is 1. The molecular weight excluding hydrogens is 330 g/mol. The van der Waals surface area contributed by atoms with Crippen molar-refractivity contribution in [2.24, 2.45) is 0 Å². The third-order valence-electron chi connectivity index (χ3n) is 4.48. The number of fused-ring (bicyclic) bond motifs is 1. The molecule has 6 heteroatoms. The first-order valence-electron chi connectivity index (χ1n) is 8.60. The van der Waals surface area contributed by atoms with E-state index >= 15 is 0 Å². The zero-order valence-corrected chi connectivity index (χ0v) is 14.5. The molecule has 3 heterocycles. The first kappa shape index (κ1) is 16.3. The van der Waals surface area contributed by atoms with Gasteiger partial charge in [-0.15, -0.1) is 0 Å². The van der Waals surface area contributed by atoms with Crippen molar-refractivity contribution in [1.29, 1.82) is 0 Å². The predicted octanol–water partition coefficient (Wildman–Crippen LogP) is 2.46. The molecule has 0 saturated carbocycles. The van der Waals surface area contributed by atoms with Crippen molar-refractivity contribution in [3.8, 4) is 0 Å². The lowest BCUT2D eigenvalue weighted by Gasteiger charge is -2.25. The standard InChI is InChI=1S/C20H19N3O3/c1-13-9-15(11-18(24)21-13)20(25)23-8-7-17-16(12-23)22-19(26-17)10-14-5-3-2-4-6-14/h2-6,9,11H,7-8,10,12H2,1H3,(H,21,24). The fourth-order valence-corrected chi connectivity index (χ4v) is 3.26. The van der Waals surface area contributed by atoms with Gasteiger partial charge in [0.1, 0.15) is 11.5 Å². The van der Waals surface area contributed by atoms with E-state index in [-0.39, 0.29) is 11.5 Å².